The Morgan fingerprint density at radius 2 is 2.22 bits per heavy atom. The Morgan fingerprint density at radius 1 is 1.44 bits per heavy atom. The molecule has 0 unspecified atom stereocenters. The van der Waals surface area contributed by atoms with Crippen molar-refractivity contribution in [2.45, 2.75) is 12.5 Å². The Morgan fingerprint density at radius 3 is 2.94 bits per heavy atom. The molecule has 5 heteroatoms. The van der Waals surface area contributed by atoms with Gasteiger partial charge in [0.2, 0.25) is 0 Å². The van der Waals surface area contributed by atoms with Gasteiger partial charge in [-0.3, -0.25) is 9.48 Å². The first kappa shape index (κ1) is 11.2. The van der Waals surface area contributed by atoms with Gasteiger partial charge in [-0.2, -0.15) is 5.10 Å². The highest BCUT2D eigenvalue weighted by Crippen LogP contribution is 2.20. The number of carbonyl (C=O) groups excluding carboxylic acids is 1. The zero-order valence-corrected chi connectivity index (χ0v) is 10.3. The van der Waals surface area contributed by atoms with E-state index in [1.54, 1.807) is 9.58 Å². The summed E-state index contributed by atoms with van der Waals surface area (Å²) < 4.78 is 1.75. The van der Waals surface area contributed by atoms with Crippen LogP contribution in [0.5, 0.6) is 0 Å². The van der Waals surface area contributed by atoms with Crippen molar-refractivity contribution >= 4 is 16.8 Å². The van der Waals surface area contributed by atoms with Crippen LogP contribution in [0.3, 0.4) is 0 Å². The molecule has 1 aromatic carbocycles. The zero-order valence-electron chi connectivity index (χ0n) is 10.3. The Balaban J connectivity index is 2.02. The Labute approximate surface area is 105 Å². The van der Waals surface area contributed by atoms with Crippen molar-refractivity contribution in [3.05, 3.63) is 30.0 Å². The van der Waals surface area contributed by atoms with E-state index in [1.165, 1.54) is 0 Å². The van der Waals surface area contributed by atoms with Crippen LogP contribution in [0.2, 0.25) is 0 Å². The first-order valence-electron chi connectivity index (χ1n) is 6.13. The van der Waals surface area contributed by atoms with E-state index in [4.69, 9.17) is 5.73 Å². The van der Waals surface area contributed by atoms with Gasteiger partial charge in [0.15, 0.2) is 5.69 Å². The molecule has 18 heavy (non-hydrogen) atoms. The molecule has 1 amide bonds. The average molecular weight is 244 g/mol. The lowest BCUT2D eigenvalue weighted by Crippen LogP contribution is -2.32. The van der Waals surface area contributed by atoms with Gasteiger partial charge < -0.3 is 10.6 Å². The van der Waals surface area contributed by atoms with E-state index in [0.29, 0.717) is 12.2 Å². The summed E-state index contributed by atoms with van der Waals surface area (Å²) in [7, 11) is 1.86. The second kappa shape index (κ2) is 4.10. The highest BCUT2D eigenvalue weighted by molar-refractivity contribution is 6.04. The fraction of sp³-hybridized carbons (Fsp3) is 0.385. The molecule has 0 spiro atoms. The third-order valence-corrected chi connectivity index (χ3v) is 3.47. The minimum Gasteiger partial charge on any atom is -0.336 e. The van der Waals surface area contributed by atoms with Gasteiger partial charge in [0, 0.05) is 31.6 Å². The molecule has 2 aromatic rings. The number of likely N-dealkylation sites (tertiary alicyclic amines) is 1. The molecule has 1 aliphatic rings. The smallest absolute Gasteiger partial charge is 0.275 e. The van der Waals surface area contributed by atoms with E-state index in [2.05, 4.69) is 5.10 Å². The van der Waals surface area contributed by atoms with Crippen LogP contribution in [0.15, 0.2) is 24.3 Å². The van der Waals surface area contributed by atoms with Crippen LogP contribution >= 0.6 is 0 Å². The zero-order chi connectivity index (χ0) is 12.7. The van der Waals surface area contributed by atoms with Crippen molar-refractivity contribution in [1.82, 2.24) is 14.7 Å². The van der Waals surface area contributed by atoms with E-state index >= 15 is 0 Å². The molecule has 0 radical (unpaired) electrons. The number of nitrogens with two attached hydrogens (primary N) is 1. The van der Waals surface area contributed by atoms with Gasteiger partial charge in [-0.15, -0.1) is 0 Å². The van der Waals surface area contributed by atoms with Gasteiger partial charge in [-0.05, 0) is 12.5 Å². The fourth-order valence-corrected chi connectivity index (χ4v) is 2.49. The summed E-state index contributed by atoms with van der Waals surface area (Å²) >= 11 is 0. The maximum absolute atomic E-state index is 12.4. The second-order valence-corrected chi connectivity index (χ2v) is 4.79. The minimum atomic E-state index is -0.0141. The first-order chi connectivity index (χ1) is 8.66. The predicted molar refractivity (Wildman–Crippen MR) is 69.2 cm³/mol. The minimum absolute atomic E-state index is 0.0141. The quantitative estimate of drug-likeness (QED) is 0.805. The lowest BCUT2D eigenvalue weighted by molar-refractivity contribution is 0.0786. The number of carbonyl (C=O) groups is 1. The summed E-state index contributed by atoms with van der Waals surface area (Å²) in [6.45, 7) is 1.36. The second-order valence-electron chi connectivity index (χ2n) is 4.79. The van der Waals surface area contributed by atoms with Crippen LogP contribution in [0.25, 0.3) is 10.9 Å². The maximum atomic E-state index is 12.4. The number of aromatic nitrogens is 2. The van der Waals surface area contributed by atoms with Gasteiger partial charge in [-0.25, -0.2) is 0 Å². The third kappa shape index (κ3) is 1.67. The summed E-state index contributed by atoms with van der Waals surface area (Å²) in [5.74, 6) is -0.0141. The molecule has 3 rings (SSSR count). The van der Waals surface area contributed by atoms with E-state index < -0.39 is 0 Å². The van der Waals surface area contributed by atoms with Crippen molar-refractivity contribution in [2.75, 3.05) is 13.1 Å². The van der Waals surface area contributed by atoms with Crippen LogP contribution in [-0.2, 0) is 7.05 Å². The summed E-state index contributed by atoms with van der Waals surface area (Å²) in [6, 6.07) is 7.88. The van der Waals surface area contributed by atoms with Crippen LogP contribution in [0.1, 0.15) is 16.9 Å². The topological polar surface area (TPSA) is 64.2 Å². The molecular weight excluding hydrogens is 228 g/mol. The Hall–Kier alpha value is -1.88. The molecule has 0 saturated carbocycles. The molecule has 1 saturated heterocycles. The van der Waals surface area contributed by atoms with Crippen LogP contribution in [0.4, 0.5) is 0 Å². The molecule has 0 bridgehead atoms. The van der Waals surface area contributed by atoms with E-state index in [1.807, 2.05) is 31.3 Å². The van der Waals surface area contributed by atoms with E-state index in [0.717, 1.165) is 23.9 Å². The number of amides is 1. The highest BCUT2D eigenvalue weighted by atomic mass is 16.2. The standard InChI is InChI=1S/C13H16N4O/c1-16-11-5-3-2-4-10(11)12(15-16)13(18)17-7-6-9(14)8-17/h2-5,9H,6-8,14H2,1H3/t9-/m1/s1. The molecule has 1 atom stereocenters. The summed E-state index contributed by atoms with van der Waals surface area (Å²) in [4.78, 5) is 14.2. The molecule has 1 fully saturated rings. The van der Waals surface area contributed by atoms with Crippen molar-refractivity contribution in [2.24, 2.45) is 12.8 Å². The number of hydrogen-bond acceptors (Lipinski definition) is 3. The predicted octanol–water partition coefficient (Wildman–Crippen LogP) is 0.747. The van der Waals surface area contributed by atoms with Gasteiger partial charge in [0.05, 0.1) is 5.52 Å². The SMILES string of the molecule is Cn1nc(C(=O)N2CC[C@@H](N)C2)c2ccccc21. The molecule has 5 nitrogen and oxygen atoms in total. The first-order valence-corrected chi connectivity index (χ1v) is 6.13. The summed E-state index contributed by atoms with van der Waals surface area (Å²) in [6.07, 6.45) is 0.872. The monoisotopic (exact) mass is 244 g/mol. The summed E-state index contributed by atoms with van der Waals surface area (Å²) in [5.41, 5.74) is 7.35. The number of nitrogens with zero attached hydrogens (tertiary/aromatic N) is 3. The third-order valence-electron chi connectivity index (χ3n) is 3.47. The number of rotatable bonds is 1. The fourth-order valence-electron chi connectivity index (χ4n) is 2.49. The molecular formula is C13H16N4O. The number of aryl methyl sites for hydroxylation is 1. The molecule has 2 N–H and O–H groups in total. The molecule has 2 heterocycles. The molecule has 1 aliphatic heterocycles. The highest BCUT2D eigenvalue weighted by Gasteiger charge is 2.27. The Bertz CT molecular complexity index is 604. The van der Waals surface area contributed by atoms with Crippen molar-refractivity contribution in [3.8, 4) is 0 Å². The van der Waals surface area contributed by atoms with E-state index in [9.17, 15) is 4.79 Å². The number of hydrogen-bond donors (Lipinski definition) is 1. The van der Waals surface area contributed by atoms with E-state index in [-0.39, 0.29) is 11.9 Å². The molecule has 1 aromatic heterocycles. The van der Waals surface area contributed by atoms with Gasteiger partial charge in [0.25, 0.3) is 5.91 Å². The largest absolute Gasteiger partial charge is 0.336 e. The van der Waals surface area contributed by atoms with Gasteiger partial charge in [-0.1, -0.05) is 18.2 Å². The maximum Gasteiger partial charge on any atom is 0.275 e. The summed E-state index contributed by atoms with van der Waals surface area (Å²) in [5, 5.41) is 5.25. The van der Waals surface area contributed by atoms with Gasteiger partial charge in [0.1, 0.15) is 0 Å². The Kier molecular flexibility index (Phi) is 2.56. The number of benzene rings is 1. The van der Waals surface area contributed by atoms with Gasteiger partial charge >= 0.3 is 0 Å². The lowest BCUT2D eigenvalue weighted by atomic mass is 10.2. The van der Waals surface area contributed by atoms with Crippen LogP contribution < -0.4 is 5.73 Å². The van der Waals surface area contributed by atoms with Crippen molar-refractivity contribution in [1.29, 1.82) is 0 Å². The van der Waals surface area contributed by atoms with Crippen molar-refractivity contribution < 1.29 is 4.79 Å². The van der Waals surface area contributed by atoms with Crippen LogP contribution in [0, 0.1) is 0 Å². The average Bonchev–Trinajstić information content (AvgIpc) is 2.94. The number of para-hydroxylation sites is 1. The normalized spacial score (nSPS) is 19.7. The number of fused-ring (bicyclic) bond motifs is 1. The van der Waals surface area contributed by atoms with Crippen LogP contribution in [-0.4, -0.2) is 39.7 Å². The lowest BCUT2D eigenvalue weighted by Gasteiger charge is -2.14. The molecule has 0 aliphatic carbocycles. The van der Waals surface area contributed by atoms with Crippen molar-refractivity contribution in [3.63, 3.8) is 0 Å². The molecule has 94 valence electrons.